The lowest BCUT2D eigenvalue weighted by atomic mass is 10.2. The fraction of sp³-hybridized carbons (Fsp3) is 0.0526. The third kappa shape index (κ3) is 3.89. The molecule has 2 aromatic carbocycles. The minimum Gasteiger partial charge on any atom is -0.457 e. The second-order valence-electron chi connectivity index (χ2n) is 5.02. The van der Waals surface area contributed by atoms with Crippen LogP contribution >= 0.6 is 0 Å². The van der Waals surface area contributed by atoms with Gasteiger partial charge in [0.2, 0.25) is 5.78 Å². The number of nitrogens with one attached hydrogen (secondary N) is 1. The molecule has 3 rings (SSSR count). The molecular weight excluding hydrogens is 306 g/mol. The summed E-state index contributed by atoms with van der Waals surface area (Å²) in [6, 6.07) is 19.2. The van der Waals surface area contributed by atoms with Crippen LogP contribution < -0.4 is 4.74 Å². The van der Waals surface area contributed by atoms with Crippen molar-refractivity contribution in [3.63, 3.8) is 0 Å². The van der Waals surface area contributed by atoms with Crippen molar-refractivity contribution in [2.24, 2.45) is 0 Å². The highest BCUT2D eigenvalue weighted by Gasteiger charge is 2.12. The highest BCUT2D eigenvalue weighted by Crippen LogP contribution is 2.21. The number of aromatic amines is 1. The SMILES string of the molecule is O=C(OCC(=O)c1ccc[nH]1)c1ccc(Oc2ccccc2)cc1. The van der Waals surface area contributed by atoms with Crippen LogP contribution in [0, 0.1) is 0 Å². The zero-order chi connectivity index (χ0) is 16.8. The van der Waals surface area contributed by atoms with Crippen molar-refractivity contribution in [1.29, 1.82) is 0 Å². The number of H-pyrrole nitrogens is 1. The molecule has 120 valence electrons. The number of esters is 1. The highest BCUT2D eigenvalue weighted by molar-refractivity contribution is 5.98. The number of carbonyl (C=O) groups is 2. The predicted octanol–water partition coefficient (Wildman–Crippen LogP) is 3.85. The Morgan fingerprint density at radius 3 is 2.21 bits per heavy atom. The Bertz CT molecular complexity index is 808. The summed E-state index contributed by atoms with van der Waals surface area (Å²) >= 11 is 0. The number of carbonyl (C=O) groups excluding carboxylic acids is 2. The Kier molecular flexibility index (Phi) is 4.72. The van der Waals surface area contributed by atoms with Crippen LogP contribution in [0.5, 0.6) is 11.5 Å². The monoisotopic (exact) mass is 321 g/mol. The molecule has 0 atom stereocenters. The maximum atomic E-state index is 12.0. The van der Waals surface area contributed by atoms with Crippen LogP contribution in [0.1, 0.15) is 20.8 Å². The second kappa shape index (κ2) is 7.28. The smallest absolute Gasteiger partial charge is 0.338 e. The first-order chi connectivity index (χ1) is 11.7. The molecule has 24 heavy (non-hydrogen) atoms. The standard InChI is InChI=1S/C19H15NO4/c21-18(17-7-4-12-20-17)13-23-19(22)14-8-10-16(11-9-14)24-15-5-2-1-3-6-15/h1-12,20H,13H2. The number of ether oxygens (including phenoxy) is 2. The Balaban J connectivity index is 1.57. The average Bonchev–Trinajstić information content (AvgIpc) is 3.16. The lowest BCUT2D eigenvalue weighted by Crippen LogP contribution is -2.14. The first-order valence-corrected chi connectivity index (χ1v) is 7.39. The van der Waals surface area contributed by atoms with Gasteiger partial charge in [0.25, 0.3) is 0 Å². The molecule has 0 radical (unpaired) electrons. The summed E-state index contributed by atoms with van der Waals surface area (Å²) in [4.78, 5) is 26.5. The summed E-state index contributed by atoms with van der Waals surface area (Å²) in [7, 11) is 0. The molecule has 0 spiro atoms. The van der Waals surface area contributed by atoms with Crippen LogP contribution in [-0.2, 0) is 4.74 Å². The lowest BCUT2D eigenvalue weighted by molar-refractivity contribution is 0.0473. The molecule has 0 fully saturated rings. The van der Waals surface area contributed by atoms with Crippen LogP contribution in [0.2, 0.25) is 0 Å². The number of Topliss-reactive ketones (excluding diaryl/α,β-unsaturated/α-hetero) is 1. The van der Waals surface area contributed by atoms with Crippen LogP contribution in [0.15, 0.2) is 72.9 Å². The van der Waals surface area contributed by atoms with E-state index in [4.69, 9.17) is 9.47 Å². The zero-order valence-corrected chi connectivity index (χ0v) is 12.8. The molecule has 1 N–H and O–H groups in total. The molecule has 0 amide bonds. The summed E-state index contributed by atoms with van der Waals surface area (Å²) < 4.78 is 10.7. The van der Waals surface area contributed by atoms with E-state index in [9.17, 15) is 9.59 Å². The summed E-state index contributed by atoms with van der Waals surface area (Å²) in [6.07, 6.45) is 1.64. The molecule has 3 aromatic rings. The van der Waals surface area contributed by atoms with E-state index in [-0.39, 0.29) is 12.4 Å². The topological polar surface area (TPSA) is 68.4 Å². The van der Waals surface area contributed by atoms with Gasteiger partial charge in [0.15, 0.2) is 6.61 Å². The minimum atomic E-state index is -0.554. The fourth-order valence-corrected chi connectivity index (χ4v) is 2.08. The Morgan fingerprint density at radius 1 is 0.833 bits per heavy atom. The maximum Gasteiger partial charge on any atom is 0.338 e. The Labute approximate surface area is 138 Å². The largest absolute Gasteiger partial charge is 0.457 e. The number of aromatic nitrogens is 1. The third-order valence-electron chi connectivity index (χ3n) is 3.30. The van der Waals surface area contributed by atoms with Gasteiger partial charge in [-0.2, -0.15) is 0 Å². The molecule has 0 bridgehead atoms. The summed E-state index contributed by atoms with van der Waals surface area (Å²) in [6.45, 7) is -0.304. The van der Waals surface area contributed by atoms with Crippen LogP contribution in [0.4, 0.5) is 0 Å². The summed E-state index contributed by atoms with van der Waals surface area (Å²) in [5.41, 5.74) is 0.768. The van der Waals surface area contributed by atoms with Crippen molar-refractivity contribution in [2.75, 3.05) is 6.61 Å². The molecule has 0 aliphatic rings. The molecule has 5 heteroatoms. The van der Waals surface area contributed by atoms with Gasteiger partial charge in [-0.1, -0.05) is 18.2 Å². The Hall–Kier alpha value is -3.34. The lowest BCUT2D eigenvalue weighted by Gasteiger charge is -2.07. The second-order valence-corrected chi connectivity index (χ2v) is 5.02. The summed E-state index contributed by atoms with van der Waals surface area (Å²) in [5.74, 6) is 0.489. The minimum absolute atomic E-state index is 0.280. The van der Waals surface area contributed by atoms with E-state index in [1.54, 1.807) is 42.6 Å². The third-order valence-corrected chi connectivity index (χ3v) is 3.30. The number of hydrogen-bond donors (Lipinski definition) is 1. The molecular formula is C19H15NO4. The number of hydrogen-bond acceptors (Lipinski definition) is 4. The van der Waals surface area contributed by atoms with Gasteiger partial charge in [-0.25, -0.2) is 4.79 Å². The fourth-order valence-electron chi connectivity index (χ4n) is 2.08. The molecule has 0 aliphatic heterocycles. The molecule has 1 heterocycles. The molecule has 0 unspecified atom stereocenters. The molecule has 5 nitrogen and oxygen atoms in total. The van der Waals surface area contributed by atoms with Crippen molar-refractivity contribution in [3.05, 3.63) is 84.2 Å². The van der Waals surface area contributed by atoms with Crippen molar-refractivity contribution < 1.29 is 19.1 Å². The van der Waals surface area contributed by atoms with Gasteiger partial charge in [-0.15, -0.1) is 0 Å². The first kappa shape index (κ1) is 15.6. The Morgan fingerprint density at radius 2 is 1.54 bits per heavy atom. The van der Waals surface area contributed by atoms with Crippen LogP contribution in [0.25, 0.3) is 0 Å². The number of rotatable bonds is 6. The van der Waals surface area contributed by atoms with E-state index in [2.05, 4.69) is 4.98 Å². The highest BCUT2D eigenvalue weighted by atomic mass is 16.5. The van der Waals surface area contributed by atoms with Crippen molar-refractivity contribution in [1.82, 2.24) is 4.98 Å². The van der Waals surface area contributed by atoms with Gasteiger partial charge in [-0.3, -0.25) is 4.79 Å². The van der Waals surface area contributed by atoms with Crippen LogP contribution in [0.3, 0.4) is 0 Å². The normalized spacial score (nSPS) is 10.2. The van der Waals surface area contributed by atoms with Crippen molar-refractivity contribution in [2.45, 2.75) is 0 Å². The van der Waals surface area contributed by atoms with E-state index >= 15 is 0 Å². The maximum absolute atomic E-state index is 12.0. The van der Waals surface area contributed by atoms with Crippen molar-refractivity contribution >= 4 is 11.8 Å². The summed E-state index contributed by atoms with van der Waals surface area (Å²) in [5, 5.41) is 0. The average molecular weight is 321 g/mol. The van der Waals surface area contributed by atoms with E-state index in [0.717, 1.165) is 0 Å². The van der Waals surface area contributed by atoms with E-state index in [1.165, 1.54) is 0 Å². The molecule has 0 aliphatic carbocycles. The number of benzene rings is 2. The van der Waals surface area contributed by atoms with Gasteiger partial charge in [0.05, 0.1) is 11.3 Å². The number of ketones is 1. The van der Waals surface area contributed by atoms with Crippen molar-refractivity contribution in [3.8, 4) is 11.5 Å². The van der Waals surface area contributed by atoms with Gasteiger partial charge in [0.1, 0.15) is 11.5 Å². The number of para-hydroxylation sites is 1. The van der Waals surface area contributed by atoms with Gasteiger partial charge in [-0.05, 0) is 48.5 Å². The van der Waals surface area contributed by atoms with Gasteiger partial charge >= 0.3 is 5.97 Å². The first-order valence-electron chi connectivity index (χ1n) is 7.39. The molecule has 0 saturated heterocycles. The predicted molar refractivity (Wildman–Crippen MR) is 88.4 cm³/mol. The van der Waals surface area contributed by atoms with E-state index in [0.29, 0.717) is 22.8 Å². The zero-order valence-electron chi connectivity index (χ0n) is 12.8. The van der Waals surface area contributed by atoms with Gasteiger partial charge in [0, 0.05) is 6.20 Å². The molecule has 0 saturated carbocycles. The van der Waals surface area contributed by atoms with E-state index < -0.39 is 5.97 Å². The quantitative estimate of drug-likeness (QED) is 0.553. The molecule has 1 aromatic heterocycles. The van der Waals surface area contributed by atoms with Crippen LogP contribution in [-0.4, -0.2) is 23.3 Å². The van der Waals surface area contributed by atoms with Gasteiger partial charge < -0.3 is 14.5 Å². The van der Waals surface area contributed by atoms with E-state index in [1.807, 2.05) is 30.3 Å².